The summed E-state index contributed by atoms with van der Waals surface area (Å²) < 4.78 is 68.6. The van der Waals surface area contributed by atoms with Crippen LogP contribution in [0.4, 0.5) is 13.2 Å². The van der Waals surface area contributed by atoms with Crippen LogP contribution < -0.4 is 4.74 Å². The minimum atomic E-state index is -4.94. The topological polar surface area (TPSA) is 43.4 Å². The highest BCUT2D eigenvalue weighted by atomic mass is 79.9. The van der Waals surface area contributed by atoms with Crippen LogP contribution in [0, 0.1) is 0 Å². The molecule has 0 radical (unpaired) electrons. The second-order valence-corrected chi connectivity index (χ2v) is 10.2. The van der Waals surface area contributed by atoms with Crippen molar-refractivity contribution in [2.75, 3.05) is 0 Å². The molecule has 29 heavy (non-hydrogen) atoms. The van der Waals surface area contributed by atoms with Crippen LogP contribution in [0.3, 0.4) is 0 Å². The van der Waals surface area contributed by atoms with Gasteiger partial charge in [-0.15, -0.1) is 13.2 Å². The van der Waals surface area contributed by atoms with E-state index in [0.717, 1.165) is 0 Å². The van der Waals surface area contributed by atoms with Crippen molar-refractivity contribution in [1.82, 2.24) is 0 Å². The lowest BCUT2D eigenvalue weighted by Crippen LogP contribution is -2.17. The van der Waals surface area contributed by atoms with Gasteiger partial charge < -0.3 is 4.74 Å². The Kier molecular flexibility index (Phi) is 4.78. The van der Waals surface area contributed by atoms with Gasteiger partial charge in [0.25, 0.3) is 0 Å². The van der Waals surface area contributed by atoms with E-state index in [0.29, 0.717) is 21.5 Å². The van der Waals surface area contributed by atoms with E-state index in [4.69, 9.17) is 0 Å². The van der Waals surface area contributed by atoms with Gasteiger partial charge in [-0.2, -0.15) is 0 Å². The summed E-state index contributed by atoms with van der Waals surface area (Å²) >= 11 is 2.68. The minimum Gasteiger partial charge on any atom is -0.405 e. The van der Waals surface area contributed by atoms with Crippen LogP contribution in [0.15, 0.2) is 77.7 Å². The van der Waals surface area contributed by atoms with Gasteiger partial charge in [-0.3, -0.25) is 0 Å². The van der Waals surface area contributed by atoms with Crippen LogP contribution in [0.2, 0.25) is 0 Å². The largest absolute Gasteiger partial charge is 0.573 e. The summed E-state index contributed by atoms with van der Waals surface area (Å²) in [6, 6.07) is 19.4. The van der Waals surface area contributed by atoms with Gasteiger partial charge in [0.2, 0.25) is 8.27 Å². The summed E-state index contributed by atoms with van der Waals surface area (Å²) in [7, 11) is -3.93. The number of ether oxygens (including phenoxy) is 1. The van der Waals surface area contributed by atoms with Gasteiger partial charge in [0.15, 0.2) is 0 Å². The van der Waals surface area contributed by atoms with Crippen molar-refractivity contribution in [2.24, 2.45) is 0 Å². The number of rotatable bonds is 3. The number of benzene rings is 4. The van der Waals surface area contributed by atoms with Crippen molar-refractivity contribution >= 4 is 44.6 Å². The van der Waals surface area contributed by atoms with E-state index in [1.165, 1.54) is 18.2 Å². The summed E-state index contributed by atoms with van der Waals surface area (Å²) in [4.78, 5) is -0.139. The average Bonchev–Trinajstić information content (AvgIpc) is 2.65. The van der Waals surface area contributed by atoms with Crippen LogP contribution in [-0.2, 0) is 8.27 Å². The smallest absolute Gasteiger partial charge is 0.405 e. The molecule has 148 valence electrons. The van der Waals surface area contributed by atoms with E-state index < -0.39 is 20.4 Å². The minimum absolute atomic E-state index is 0.0650. The summed E-state index contributed by atoms with van der Waals surface area (Å²) in [6.07, 6.45) is -4.94. The molecule has 0 N–H and O–H groups in total. The summed E-state index contributed by atoms with van der Waals surface area (Å²) in [5.74, 6) is -0.468. The molecule has 4 aromatic rings. The van der Waals surface area contributed by atoms with Crippen molar-refractivity contribution in [3.63, 3.8) is 0 Å². The predicted octanol–water partition coefficient (Wildman–Crippen LogP) is 6.64. The Morgan fingerprint density at radius 2 is 1.24 bits per heavy atom. The molecule has 0 saturated heterocycles. The van der Waals surface area contributed by atoms with Gasteiger partial charge in [-0.05, 0) is 33.7 Å². The maximum absolute atomic E-state index is 13.1. The second kappa shape index (κ2) is 7.03. The van der Waals surface area contributed by atoms with Gasteiger partial charge in [0, 0.05) is 11.1 Å². The molecule has 0 bridgehead atoms. The highest BCUT2D eigenvalue weighted by Gasteiger charge is 2.33. The van der Waals surface area contributed by atoms with Crippen molar-refractivity contribution in [1.29, 1.82) is 0 Å². The lowest BCUT2D eigenvalue weighted by atomic mass is 9.93. The molecule has 0 unspecified atom stereocenters. The molecule has 0 aliphatic rings. The first kappa shape index (κ1) is 19.7. The summed E-state index contributed by atoms with van der Waals surface area (Å²) in [6.45, 7) is 0. The maximum Gasteiger partial charge on any atom is 0.573 e. The molecule has 0 aliphatic carbocycles. The Morgan fingerprint density at radius 3 is 1.79 bits per heavy atom. The Labute approximate surface area is 171 Å². The zero-order valence-corrected chi connectivity index (χ0v) is 17.0. The molecule has 4 aromatic carbocycles. The third-order valence-electron chi connectivity index (χ3n) is 4.52. The van der Waals surface area contributed by atoms with E-state index in [1.807, 2.05) is 0 Å². The van der Waals surface area contributed by atoms with Crippen LogP contribution in [0.5, 0.6) is 5.75 Å². The zero-order chi connectivity index (χ0) is 20.8. The Morgan fingerprint density at radius 1 is 0.724 bits per heavy atom. The first-order valence-corrected chi connectivity index (χ1v) is 11.7. The Balaban J connectivity index is 2.23. The lowest BCUT2D eigenvalue weighted by molar-refractivity contribution is -0.274. The van der Waals surface area contributed by atoms with Crippen molar-refractivity contribution < 1.29 is 26.3 Å². The second-order valence-electron chi connectivity index (χ2n) is 6.31. The molecule has 0 atom stereocenters. The average molecular weight is 481 g/mol. The Hall–Kier alpha value is -2.58. The number of fused-ring (bicyclic) bond motifs is 2. The molecule has 0 heterocycles. The third kappa shape index (κ3) is 3.82. The predicted molar refractivity (Wildman–Crippen MR) is 110 cm³/mol. The SMILES string of the molecule is O=S(=O)(Br)c1ccc2ccccc2c1-c1c(OC(F)(F)F)ccc2ccccc12. The monoisotopic (exact) mass is 480 g/mol. The van der Waals surface area contributed by atoms with E-state index >= 15 is 0 Å². The first-order chi connectivity index (χ1) is 13.6. The standard InChI is InChI=1S/C21H12BrF3O3S/c22-29(26,27)18-12-10-14-6-2-4-8-16(14)20(18)19-15-7-3-1-5-13(15)9-11-17(19)28-21(23,24)25/h1-12H. The Bertz CT molecular complexity index is 1350. The molecule has 0 spiro atoms. The van der Waals surface area contributed by atoms with E-state index in [2.05, 4.69) is 19.5 Å². The van der Waals surface area contributed by atoms with E-state index in [1.54, 1.807) is 54.6 Å². The summed E-state index contributed by atoms with van der Waals surface area (Å²) in [5, 5.41) is 2.29. The van der Waals surface area contributed by atoms with Gasteiger partial charge >= 0.3 is 6.36 Å². The molecule has 8 heteroatoms. The van der Waals surface area contributed by atoms with Crippen LogP contribution >= 0.6 is 14.8 Å². The van der Waals surface area contributed by atoms with E-state index in [9.17, 15) is 21.6 Å². The fourth-order valence-corrected chi connectivity index (χ4v) is 4.93. The fourth-order valence-electron chi connectivity index (χ4n) is 3.43. The van der Waals surface area contributed by atoms with Crippen molar-refractivity contribution in [3.8, 4) is 16.9 Å². The van der Waals surface area contributed by atoms with Crippen molar-refractivity contribution in [3.05, 3.63) is 72.8 Å². The number of hydrogen-bond acceptors (Lipinski definition) is 3. The molecule has 0 aliphatic heterocycles. The number of alkyl halides is 3. The highest BCUT2D eigenvalue weighted by Crippen LogP contribution is 2.45. The quantitative estimate of drug-likeness (QED) is 0.308. The summed E-state index contributed by atoms with van der Waals surface area (Å²) in [5.41, 5.74) is 0.214. The van der Waals surface area contributed by atoms with Gasteiger partial charge in [-0.25, -0.2) is 8.42 Å². The molecule has 3 nitrogen and oxygen atoms in total. The third-order valence-corrected chi connectivity index (χ3v) is 6.43. The fraction of sp³-hybridized carbons (Fsp3) is 0.0476. The lowest BCUT2D eigenvalue weighted by Gasteiger charge is -2.19. The maximum atomic E-state index is 13.1. The molecule has 4 rings (SSSR count). The van der Waals surface area contributed by atoms with Crippen LogP contribution in [0.25, 0.3) is 32.7 Å². The number of hydrogen-bond donors (Lipinski definition) is 0. The molecule has 0 fully saturated rings. The molecular weight excluding hydrogens is 469 g/mol. The normalized spacial score (nSPS) is 12.4. The van der Waals surface area contributed by atoms with Gasteiger partial charge in [0.1, 0.15) is 5.75 Å². The number of halogens is 4. The molecule has 0 saturated carbocycles. The van der Waals surface area contributed by atoms with Crippen LogP contribution in [-0.4, -0.2) is 14.8 Å². The van der Waals surface area contributed by atoms with Gasteiger partial charge in [-0.1, -0.05) is 60.7 Å². The molecule has 0 aromatic heterocycles. The highest BCUT2D eigenvalue weighted by molar-refractivity contribution is 9.47. The van der Waals surface area contributed by atoms with Crippen LogP contribution in [0.1, 0.15) is 0 Å². The zero-order valence-electron chi connectivity index (χ0n) is 14.6. The van der Waals surface area contributed by atoms with Crippen molar-refractivity contribution in [2.45, 2.75) is 11.3 Å². The van der Waals surface area contributed by atoms with Gasteiger partial charge in [0.05, 0.1) is 19.7 Å². The first-order valence-electron chi connectivity index (χ1n) is 8.39. The van der Waals surface area contributed by atoms with E-state index in [-0.39, 0.29) is 16.0 Å². The molecule has 0 amide bonds. The molecular formula is C21H12BrF3O3S.